The number of benzene rings is 1. The van der Waals surface area contributed by atoms with Crippen LogP contribution in [0.25, 0.3) is 0 Å². The normalized spacial score (nSPS) is 12.4. The molecular formula is C13H16BrN3O. The van der Waals surface area contributed by atoms with Gasteiger partial charge in [0, 0.05) is 24.5 Å². The summed E-state index contributed by atoms with van der Waals surface area (Å²) in [5, 5.41) is 10.3. The summed E-state index contributed by atoms with van der Waals surface area (Å²) in [5.74, 6) is 0.847. The summed E-state index contributed by atoms with van der Waals surface area (Å²) < 4.78 is 6.19. The van der Waals surface area contributed by atoms with Crippen LogP contribution in [0.1, 0.15) is 24.2 Å². The molecule has 0 aliphatic heterocycles. The van der Waals surface area contributed by atoms with Crippen molar-refractivity contribution in [2.24, 2.45) is 0 Å². The molecule has 1 heterocycles. The van der Waals surface area contributed by atoms with E-state index in [1.165, 1.54) is 5.56 Å². The van der Waals surface area contributed by atoms with Crippen molar-refractivity contribution >= 4 is 15.9 Å². The van der Waals surface area contributed by atoms with E-state index >= 15 is 0 Å². The third-order valence-corrected chi connectivity index (χ3v) is 3.45. The summed E-state index contributed by atoms with van der Waals surface area (Å²) in [6.07, 6.45) is 1.76. The van der Waals surface area contributed by atoms with Gasteiger partial charge in [0.1, 0.15) is 5.75 Å². The Morgan fingerprint density at radius 3 is 2.89 bits per heavy atom. The van der Waals surface area contributed by atoms with Gasteiger partial charge in [0.2, 0.25) is 0 Å². The van der Waals surface area contributed by atoms with E-state index in [1.54, 1.807) is 13.3 Å². The zero-order valence-corrected chi connectivity index (χ0v) is 12.0. The average Bonchev–Trinajstić information content (AvgIpc) is 2.89. The Kier molecular flexibility index (Phi) is 4.38. The molecule has 2 rings (SSSR count). The second kappa shape index (κ2) is 6.02. The molecule has 1 atom stereocenters. The lowest BCUT2D eigenvalue weighted by Crippen LogP contribution is -2.18. The van der Waals surface area contributed by atoms with Crippen LogP contribution in [-0.4, -0.2) is 17.3 Å². The molecule has 4 nitrogen and oxygen atoms in total. The largest absolute Gasteiger partial charge is 0.496 e. The Morgan fingerprint density at radius 1 is 1.44 bits per heavy atom. The maximum Gasteiger partial charge on any atom is 0.133 e. The third kappa shape index (κ3) is 3.11. The highest BCUT2D eigenvalue weighted by atomic mass is 79.9. The Balaban J connectivity index is 2.00. The number of ether oxygens (including phenoxy) is 1. The molecule has 18 heavy (non-hydrogen) atoms. The lowest BCUT2D eigenvalue weighted by Gasteiger charge is -2.15. The fourth-order valence-electron chi connectivity index (χ4n) is 1.72. The molecule has 1 aromatic heterocycles. The molecule has 5 heteroatoms. The van der Waals surface area contributed by atoms with E-state index in [4.69, 9.17) is 4.74 Å². The smallest absolute Gasteiger partial charge is 0.133 e. The molecule has 1 unspecified atom stereocenters. The molecule has 0 saturated carbocycles. The summed E-state index contributed by atoms with van der Waals surface area (Å²) >= 11 is 3.50. The van der Waals surface area contributed by atoms with Crippen molar-refractivity contribution < 1.29 is 4.74 Å². The first-order valence-corrected chi connectivity index (χ1v) is 6.55. The van der Waals surface area contributed by atoms with Gasteiger partial charge >= 0.3 is 0 Å². The predicted molar refractivity (Wildman–Crippen MR) is 74.5 cm³/mol. The first kappa shape index (κ1) is 13.1. The Morgan fingerprint density at radius 2 is 2.28 bits per heavy atom. The summed E-state index contributed by atoms with van der Waals surface area (Å²) in [6.45, 7) is 2.90. The molecule has 0 aliphatic carbocycles. The fourth-order valence-corrected chi connectivity index (χ4v) is 2.27. The van der Waals surface area contributed by atoms with Gasteiger partial charge in [0.25, 0.3) is 0 Å². The van der Waals surface area contributed by atoms with Crippen molar-refractivity contribution in [3.8, 4) is 5.75 Å². The molecule has 0 bridgehead atoms. The van der Waals surface area contributed by atoms with Gasteiger partial charge in [-0.25, -0.2) is 0 Å². The van der Waals surface area contributed by atoms with Crippen molar-refractivity contribution in [1.29, 1.82) is 0 Å². The number of H-pyrrole nitrogens is 1. The molecule has 0 saturated heterocycles. The van der Waals surface area contributed by atoms with Crippen LogP contribution in [0.2, 0.25) is 0 Å². The highest BCUT2D eigenvalue weighted by Gasteiger charge is 2.08. The molecule has 0 aliphatic rings. The van der Waals surface area contributed by atoms with Gasteiger partial charge in [0.05, 0.1) is 11.6 Å². The second-order valence-electron chi connectivity index (χ2n) is 4.08. The van der Waals surface area contributed by atoms with Crippen LogP contribution in [0.4, 0.5) is 0 Å². The average molecular weight is 310 g/mol. The molecule has 2 aromatic rings. The number of nitrogens with one attached hydrogen (secondary N) is 2. The van der Waals surface area contributed by atoms with Crippen molar-refractivity contribution in [3.05, 3.63) is 46.2 Å². The van der Waals surface area contributed by atoms with Gasteiger partial charge in [-0.1, -0.05) is 6.07 Å². The number of aromatic nitrogens is 2. The van der Waals surface area contributed by atoms with E-state index in [1.807, 2.05) is 12.1 Å². The minimum Gasteiger partial charge on any atom is -0.496 e. The first-order valence-electron chi connectivity index (χ1n) is 5.76. The zero-order chi connectivity index (χ0) is 13.0. The van der Waals surface area contributed by atoms with E-state index in [-0.39, 0.29) is 6.04 Å². The van der Waals surface area contributed by atoms with Crippen molar-refractivity contribution in [2.45, 2.75) is 19.5 Å². The van der Waals surface area contributed by atoms with Crippen LogP contribution in [0.15, 0.2) is 34.9 Å². The zero-order valence-electron chi connectivity index (χ0n) is 10.4. The number of halogens is 1. The van der Waals surface area contributed by atoms with Crippen molar-refractivity contribution in [2.75, 3.05) is 7.11 Å². The molecule has 0 radical (unpaired) electrons. The number of nitrogens with zero attached hydrogens (tertiary/aromatic N) is 1. The minimum atomic E-state index is 0.260. The quantitative estimate of drug-likeness (QED) is 0.892. The molecule has 0 amide bonds. The monoisotopic (exact) mass is 309 g/mol. The molecule has 96 valence electrons. The molecule has 2 N–H and O–H groups in total. The van der Waals surface area contributed by atoms with Gasteiger partial charge in [-0.05, 0) is 46.6 Å². The number of aromatic amines is 1. The lowest BCUT2D eigenvalue weighted by molar-refractivity contribution is 0.411. The summed E-state index contributed by atoms with van der Waals surface area (Å²) in [7, 11) is 1.67. The maximum absolute atomic E-state index is 5.22. The van der Waals surface area contributed by atoms with Crippen LogP contribution in [0.5, 0.6) is 5.75 Å². The standard InChI is InChI=1S/C13H16BrN3O/c1-9(15-8-11-5-6-16-17-11)10-3-4-13(18-2)12(14)7-10/h3-7,9,15H,8H2,1-2H3,(H,16,17). The van der Waals surface area contributed by atoms with Gasteiger partial charge in [-0.2, -0.15) is 5.10 Å². The Bertz CT molecular complexity index is 499. The first-order chi connectivity index (χ1) is 8.70. The molecule has 1 aromatic carbocycles. The van der Waals surface area contributed by atoms with Crippen LogP contribution in [-0.2, 0) is 6.54 Å². The molecular weight excluding hydrogens is 294 g/mol. The fraction of sp³-hybridized carbons (Fsp3) is 0.308. The van der Waals surface area contributed by atoms with Crippen molar-refractivity contribution in [1.82, 2.24) is 15.5 Å². The van der Waals surface area contributed by atoms with Gasteiger partial charge in [-0.3, -0.25) is 5.10 Å². The Labute approximate surface area is 115 Å². The third-order valence-electron chi connectivity index (χ3n) is 2.83. The van der Waals surface area contributed by atoms with E-state index < -0.39 is 0 Å². The maximum atomic E-state index is 5.22. The van der Waals surface area contributed by atoms with Gasteiger partial charge < -0.3 is 10.1 Å². The van der Waals surface area contributed by atoms with Crippen LogP contribution >= 0.6 is 15.9 Å². The highest BCUT2D eigenvalue weighted by molar-refractivity contribution is 9.10. The lowest BCUT2D eigenvalue weighted by atomic mass is 10.1. The number of hydrogen-bond donors (Lipinski definition) is 2. The van der Waals surface area contributed by atoms with E-state index in [2.05, 4.69) is 50.5 Å². The van der Waals surface area contributed by atoms with E-state index in [9.17, 15) is 0 Å². The summed E-state index contributed by atoms with van der Waals surface area (Å²) in [4.78, 5) is 0. The molecule has 0 spiro atoms. The van der Waals surface area contributed by atoms with Crippen LogP contribution in [0, 0.1) is 0 Å². The summed E-state index contributed by atoms with van der Waals surface area (Å²) in [6, 6.07) is 8.32. The van der Waals surface area contributed by atoms with Crippen LogP contribution in [0.3, 0.4) is 0 Å². The highest BCUT2D eigenvalue weighted by Crippen LogP contribution is 2.27. The Hall–Kier alpha value is -1.33. The molecule has 0 fully saturated rings. The SMILES string of the molecule is COc1ccc(C(C)NCc2ccn[nH]2)cc1Br. The van der Waals surface area contributed by atoms with E-state index in [0.717, 1.165) is 22.5 Å². The van der Waals surface area contributed by atoms with Crippen LogP contribution < -0.4 is 10.1 Å². The van der Waals surface area contributed by atoms with E-state index in [0.29, 0.717) is 0 Å². The number of rotatable bonds is 5. The van der Waals surface area contributed by atoms with Gasteiger partial charge in [-0.15, -0.1) is 0 Å². The summed E-state index contributed by atoms with van der Waals surface area (Å²) in [5.41, 5.74) is 2.29. The second-order valence-corrected chi connectivity index (χ2v) is 4.93. The van der Waals surface area contributed by atoms with Gasteiger partial charge in [0.15, 0.2) is 0 Å². The minimum absolute atomic E-state index is 0.260. The topological polar surface area (TPSA) is 49.9 Å². The number of hydrogen-bond acceptors (Lipinski definition) is 3. The number of methoxy groups -OCH3 is 1. The van der Waals surface area contributed by atoms with Crippen molar-refractivity contribution in [3.63, 3.8) is 0 Å². The predicted octanol–water partition coefficient (Wildman–Crippen LogP) is 3.03.